The molecule has 5 rings (SSSR count). The second-order valence-electron chi connectivity index (χ2n) is 7.95. The summed E-state index contributed by atoms with van der Waals surface area (Å²) in [6, 6.07) is 16.4. The van der Waals surface area contributed by atoms with E-state index in [4.69, 9.17) is 32.0 Å². The van der Waals surface area contributed by atoms with Gasteiger partial charge in [0.2, 0.25) is 0 Å². The van der Waals surface area contributed by atoms with Gasteiger partial charge < -0.3 is 26.0 Å². The quantitative estimate of drug-likeness (QED) is 0.366. The number of nitrogens with two attached hydrogens (primary N) is 1. The minimum absolute atomic E-state index is 0.0775. The highest BCUT2D eigenvalue weighted by Crippen LogP contribution is 2.47. The summed E-state index contributed by atoms with van der Waals surface area (Å²) in [4.78, 5) is 35.2. The van der Waals surface area contributed by atoms with Crippen LogP contribution in [0.4, 0.5) is 30.2 Å². The largest absolute Gasteiger partial charge is 0.490 e. The molecule has 2 amide bonds. The number of nitrogens with zero attached hydrogens (tertiary/aromatic N) is 1. The SMILES string of the molecule is Nc1cc(Cl)cc(N2C(=O)c3ccccc3C2(O)c2ccc3c(c2)NC(=O)CO3)c1.O=C(O)C(F)(F)F. The third kappa shape index (κ3) is 4.76. The Bertz CT molecular complexity index is 1410. The van der Waals surface area contributed by atoms with Gasteiger partial charge >= 0.3 is 12.1 Å². The molecule has 0 saturated carbocycles. The van der Waals surface area contributed by atoms with E-state index in [2.05, 4.69) is 5.32 Å². The molecule has 2 aliphatic heterocycles. The number of aliphatic hydroxyl groups is 1. The van der Waals surface area contributed by atoms with Crippen molar-refractivity contribution in [2.24, 2.45) is 0 Å². The second kappa shape index (κ2) is 9.30. The molecule has 2 heterocycles. The van der Waals surface area contributed by atoms with Crippen LogP contribution in [-0.4, -0.2) is 40.8 Å². The topological polar surface area (TPSA) is 142 Å². The number of halogens is 4. The lowest BCUT2D eigenvalue weighted by molar-refractivity contribution is -0.192. The fourth-order valence-electron chi connectivity index (χ4n) is 3.98. The fourth-order valence-corrected chi connectivity index (χ4v) is 4.21. The first-order chi connectivity index (χ1) is 17.3. The number of hydrogen-bond donors (Lipinski definition) is 4. The summed E-state index contributed by atoms with van der Waals surface area (Å²) in [7, 11) is 0. The van der Waals surface area contributed by atoms with Gasteiger partial charge in [-0.05, 0) is 42.5 Å². The lowest BCUT2D eigenvalue weighted by Gasteiger charge is -2.35. The molecule has 3 aromatic rings. The molecule has 13 heteroatoms. The van der Waals surface area contributed by atoms with E-state index in [0.29, 0.717) is 44.5 Å². The first-order valence-corrected chi connectivity index (χ1v) is 10.8. The number of fused-ring (bicyclic) bond motifs is 2. The monoisotopic (exact) mass is 535 g/mol. The second-order valence-corrected chi connectivity index (χ2v) is 8.39. The summed E-state index contributed by atoms with van der Waals surface area (Å²) < 4.78 is 37.1. The number of rotatable bonds is 2. The first-order valence-electron chi connectivity index (χ1n) is 10.4. The van der Waals surface area contributed by atoms with Gasteiger partial charge in [-0.15, -0.1) is 0 Å². The standard InChI is InChI=1S/C22H16ClN3O4.C2HF3O2/c23-13-8-14(24)10-15(9-13)26-21(28)16-3-1-2-4-17(16)22(26,29)12-5-6-19-18(7-12)25-20(27)11-30-19;3-2(4,5)1(6)7/h1-10,29H,11,24H2,(H,25,27);(H,6,7). The zero-order valence-electron chi connectivity index (χ0n) is 18.5. The number of nitrogens with one attached hydrogen (secondary N) is 1. The molecular formula is C24H17ClF3N3O6. The Morgan fingerprint density at radius 2 is 1.78 bits per heavy atom. The van der Waals surface area contributed by atoms with Gasteiger partial charge in [-0.1, -0.05) is 29.8 Å². The molecule has 9 nitrogen and oxygen atoms in total. The Hall–Kier alpha value is -4.29. The van der Waals surface area contributed by atoms with E-state index in [-0.39, 0.29) is 12.5 Å². The molecule has 192 valence electrons. The van der Waals surface area contributed by atoms with Crippen LogP contribution in [0.25, 0.3) is 0 Å². The van der Waals surface area contributed by atoms with Crippen molar-refractivity contribution in [3.05, 3.63) is 82.4 Å². The highest BCUT2D eigenvalue weighted by molar-refractivity contribution is 6.31. The van der Waals surface area contributed by atoms with E-state index < -0.39 is 23.8 Å². The Morgan fingerprint density at radius 1 is 1.11 bits per heavy atom. The summed E-state index contributed by atoms with van der Waals surface area (Å²) in [5, 5.41) is 22.2. The minimum atomic E-state index is -5.08. The Morgan fingerprint density at radius 3 is 2.43 bits per heavy atom. The van der Waals surface area contributed by atoms with E-state index in [1.165, 1.54) is 4.90 Å². The van der Waals surface area contributed by atoms with Crippen molar-refractivity contribution >= 4 is 46.4 Å². The van der Waals surface area contributed by atoms with Crippen LogP contribution in [-0.2, 0) is 15.3 Å². The number of hydrogen-bond acceptors (Lipinski definition) is 6. The predicted octanol–water partition coefficient (Wildman–Crippen LogP) is 3.74. The number of amides is 2. The third-order valence-electron chi connectivity index (χ3n) is 5.48. The molecule has 0 radical (unpaired) electrons. The predicted molar refractivity (Wildman–Crippen MR) is 126 cm³/mol. The molecule has 37 heavy (non-hydrogen) atoms. The molecule has 1 unspecified atom stereocenters. The summed E-state index contributed by atoms with van der Waals surface area (Å²) in [5.74, 6) is -2.97. The van der Waals surface area contributed by atoms with Crippen molar-refractivity contribution in [3.63, 3.8) is 0 Å². The van der Waals surface area contributed by atoms with Gasteiger partial charge in [0, 0.05) is 27.4 Å². The van der Waals surface area contributed by atoms with Crippen LogP contribution in [0, 0.1) is 0 Å². The molecule has 0 saturated heterocycles. The third-order valence-corrected chi connectivity index (χ3v) is 5.70. The van der Waals surface area contributed by atoms with Crippen molar-refractivity contribution < 1.29 is 42.5 Å². The molecule has 3 aromatic carbocycles. The van der Waals surface area contributed by atoms with Crippen molar-refractivity contribution in [3.8, 4) is 5.75 Å². The van der Waals surface area contributed by atoms with Crippen molar-refractivity contribution in [2.75, 3.05) is 22.6 Å². The van der Waals surface area contributed by atoms with Crippen LogP contribution < -0.4 is 20.7 Å². The number of carbonyl (C=O) groups is 3. The van der Waals surface area contributed by atoms with Crippen molar-refractivity contribution in [1.82, 2.24) is 0 Å². The zero-order chi connectivity index (χ0) is 27.1. The van der Waals surface area contributed by atoms with Crippen molar-refractivity contribution in [1.29, 1.82) is 0 Å². The number of ether oxygens (including phenoxy) is 1. The minimum Gasteiger partial charge on any atom is -0.482 e. The smallest absolute Gasteiger partial charge is 0.482 e. The number of carbonyl (C=O) groups excluding carboxylic acids is 2. The van der Waals surface area contributed by atoms with Crippen LogP contribution in [0.2, 0.25) is 5.02 Å². The lowest BCUT2D eigenvalue weighted by atomic mass is 9.93. The highest BCUT2D eigenvalue weighted by atomic mass is 35.5. The summed E-state index contributed by atoms with van der Waals surface area (Å²) in [5.41, 5.74) is 6.37. The lowest BCUT2D eigenvalue weighted by Crippen LogP contribution is -2.45. The normalized spacial score (nSPS) is 18.1. The van der Waals surface area contributed by atoms with Crippen LogP contribution >= 0.6 is 11.6 Å². The Labute approximate surface area is 211 Å². The van der Waals surface area contributed by atoms with Gasteiger partial charge in [-0.2, -0.15) is 13.2 Å². The van der Waals surface area contributed by atoms with Gasteiger partial charge in [-0.3, -0.25) is 14.5 Å². The highest BCUT2D eigenvalue weighted by Gasteiger charge is 2.51. The Kier molecular flexibility index (Phi) is 6.48. The van der Waals surface area contributed by atoms with Crippen molar-refractivity contribution in [2.45, 2.75) is 11.9 Å². The number of aliphatic carboxylic acids is 1. The fraction of sp³-hybridized carbons (Fsp3) is 0.125. The maximum absolute atomic E-state index is 13.3. The number of benzene rings is 3. The number of nitrogen functional groups attached to an aromatic ring is 1. The maximum Gasteiger partial charge on any atom is 0.490 e. The summed E-state index contributed by atoms with van der Waals surface area (Å²) >= 11 is 6.17. The molecule has 0 fully saturated rings. The average Bonchev–Trinajstić information content (AvgIpc) is 3.05. The molecule has 0 aliphatic carbocycles. The van der Waals surface area contributed by atoms with Crippen LogP contribution in [0.3, 0.4) is 0 Å². The molecular weight excluding hydrogens is 519 g/mol. The summed E-state index contributed by atoms with van der Waals surface area (Å²) in [6.07, 6.45) is -5.08. The molecule has 0 spiro atoms. The van der Waals surface area contributed by atoms with Crippen LogP contribution in [0.15, 0.2) is 60.7 Å². The van der Waals surface area contributed by atoms with E-state index in [9.17, 15) is 27.9 Å². The van der Waals surface area contributed by atoms with Gasteiger partial charge in [0.1, 0.15) is 5.75 Å². The number of alkyl halides is 3. The molecule has 1 atom stereocenters. The van der Waals surface area contributed by atoms with E-state index in [0.717, 1.165) is 0 Å². The number of carboxylic acids is 1. The Balaban J connectivity index is 0.000000405. The number of anilines is 3. The van der Waals surface area contributed by atoms with E-state index >= 15 is 0 Å². The van der Waals surface area contributed by atoms with Gasteiger partial charge in [0.25, 0.3) is 11.8 Å². The maximum atomic E-state index is 13.3. The van der Waals surface area contributed by atoms with Gasteiger partial charge in [0.05, 0.1) is 11.4 Å². The average molecular weight is 536 g/mol. The van der Waals surface area contributed by atoms with Gasteiger partial charge in [-0.25, -0.2) is 4.79 Å². The first kappa shape index (κ1) is 25.8. The molecule has 0 bridgehead atoms. The number of carboxylic acid groups (broad SMARTS) is 1. The summed E-state index contributed by atoms with van der Waals surface area (Å²) in [6.45, 7) is -0.0775. The van der Waals surface area contributed by atoms with Crippen LogP contribution in [0.1, 0.15) is 21.5 Å². The molecule has 0 aromatic heterocycles. The van der Waals surface area contributed by atoms with Crippen LogP contribution in [0.5, 0.6) is 5.75 Å². The van der Waals surface area contributed by atoms with E-state index in [1.54, 1.807) is 60.7 Å². The van der Waals surface area contributed by atoms with E-state index in [1.807, 2.05) is 0 Å². The van der Waals surface area contributed by atoms with Gasteiger partial charge in [0.15, 0.2) is 12.3 Å². The molecule has 2 aliphatic rings. The molecule has 5 N–H and O–H groups in total. The zero-order valence-corrected chi connectivity index (χ0v) is 19.3.